The molecule has 34 heavy (non-hydrogen) atoms. The minimum Gasteiger partial charge on any atom is -0.330 e. The molecule has 0 aliphatic heterocycles. The Morgan fingerprint density at radius 2 is 1.82 bits per heavy atom. The van der Waals surface area contributed by atoms with E-state index in [9.17, 15) is 13.2 Å². The van der Waals surface area contributed by atoms with E-state index < -0.39 is 10.0 Å². The topological polar surface area (TPSA) is 108 Å². The summed E-state index contributed by atoms with van der Waals surface area (Å²) in [5, 5.41) is 6.19. The molecule has 0 spiro atoms. The highest BCUT2D eigenvalue weighted by molar-refractivity contribution is 7.97. The second-order valence-corrected chi connectivity index (χ2v) is 11.2. The van der Waals surface area contributed by atoms with Gasteiger partial charge in [-0.15, -0.1) is 0 Å². The van der Waals surface area contributed by atoms with Gasteiger partial charge < -0.3 is 16.4 Å². The summed E-state index contributed by atoms with van der Waals surface area (Å²) >= 11 is 1.69. The van der Waals surface area contributed by atoms with Crippen LogP contribution in [0.2, 0.25) is 0 Å². The van der Waals surface area contributed by atoms with Crippen molar-refractivity contribution < 1.29 is 13.2 Å². The van der Waals surface area contributed by atoms with Gasteiger partial charge in [0, 0.05) is 37.3 Å². The maximum Gasteiger partial charge on any atom is 0.257 e. The molecule has 0 saturated carbocycles. The first-order valence-corrected chi connectivity index (χ1v) is 14.1. The van der Waals surface area contributed by atoms with E-state index in [1.807, 2.05) is 30.3 Å². The van der Waals surface area contributed by atoms with Crippen molar-refractivity contribution in [2.45, 2.75) is 38.1 Å². The average molecular weight is 508 g/mol. The highest BCUT2D eigenvalue weighted by Gasteiger charge is 2.21. The quantitative estimate of drug-likeness (QED) is 0.265. The zero-order valence-corrected chi connectivity index (χ0v) is 22.1. The molecule has 188 valence electrons. The van der Waals surface area contributed by atoms with Crippen molar-refractivity contribution in [3.63, 3.8) is 0 Å². The predicted molar refractivity (Wildman–Crippen MR) is 143 cm³/mol. The number of anilines is 2. The fourth-order valence-electron chi connectivity index (χ4n) is 3.25. The first-order chi connectivity index (χ1) is 16.2. The Bertz CT molecular complexity index is 1030. The van der Waals surface area contributed by atoms with Gasteiger partial charge in [0.25, 0.3) is 5.91 Å². The lowest BCUT2D eigenvalue weighted by Crippen LogP contribution is -2.28. The molecule has 2 aromatic carbocycles. The van der Waals surface area contributed by atoms with E-state index in [4.69, 9.17) is 5.73 Å². The SMILES string of the molecule is CCCN(CC)Sc1ccc(NC(=O)c2cc(CNCCCN)ccc2N(C)S(C)(=O)=O)cc1. The second-order valence-electron chi connectivity index (χ2n) is 7.99. The Morgan fingerprint density at radius 1 is 1.12 bits per heavy atom. The van der Waals surface area contributed by atoms with Gasteiger partial charge >= 0.3 is 0 Å². The van der Waals surface area contributed by atoms with Gasteiger partial charge in [-0.25, -0.2) is 12.7 Å². The van der Waals surface area contributed by atoms with Gasteiger partial charge in [-0.05, 0) is 79.8 Å². The second kappa shape index (κ2) is 13.7. The molecule has 0 saturated heterocycles. The van der Waals surface area contributed by atoms with Gasteiger partial charge in [0.2, 0.25) is 10.0 Å². The molecule has 0 radical (unpaired) electrons. The molecule has 2 rings (SSSR count). The van der Waals surface area contributed by atoms with Crippen LogP contribution in [0.4, 0.5) is 11.4 Å². The van der Waals surface area contributed by atoms with Crippen LogP contribution in [0.1, 0.15) is 42.6 Å². The zero-order chi connectivity index (χ0) is 25.1. The number of nitrogens with two attached hydrogens (primary N) is 1. The standard InChI is InChI=1S/C24H37N5O3S2/c1-5-16-29(6-2)33-21-11-9-20(10-12-21)27-24(30)22-17-19(18-26-15-7-14-25)8-13-23(22)28(3)34(4,31)32/h8-13,17,26H,5-7,14-16,18,25H2,1-4H3,(H,27,30). The Labute approximate surface area is 208 Å². The summed E-state index contributed by atoms with van der Waals surface area (Å²) < 4.78 is 27.7. The number of rotatable bonds is 14. The third-order valence-electron chi connectivity index (χ3n) is 5.20. The third kappa shape index (κ3) is 8.59. The molecule has 8 nitrogen and oxygen atoms in total. The molecule has 0 unspecified atom stereocenters. The van der Waals surface area contributed by atoms with E-state index in [0.29, 0.717) is 30.0 Å². The normalized spacial score (nSPS) is 11.6. The molecule has 10 heteroatoms. The lowest BCUT2D eigenvalue weighted by Gasteiger charge is -2.21. The summed E-state index contributed by atoms with van der Waals surface area (Å²) in [5.74, 6) is -0.365. The minimum atomic E-state index is -3.53. The van der Waals surface area contributed by atoms with Crippen LogP contribution in [0.3, 0.4) is 0 Å². The molecule has 1 amide bonds. The highest BCUT2D eigenvalue weighted by atomic mass is 32.2. The number of carbonyl (C=O) groups excluding carboxylic acids is 1. The number of sulfonamides is 1. The first kappa shape index (κ1) is 28.1. The zero-order valence-electron chi connectivity index (χ0n) is 20.5. The maximum absolute atomic E-state index is 13.2. The Balaban J connectivity index is 2.22. The van der Waals surface area contributed by atoms with Crippen molar-refractivity contribution >= 4 is 39.3 Å². The van der Waals surface area contributed by atoms with E-state index in [2.05, 4.69) is 28.8 Å². The number of nitrogens with zero attached hydrogens (tertiary/aromatic N) is 2. The molecule has 0 heterocycles. The van der Waals surface area contributed by atoms with Crippen molar-refractivity contribution in [2.24, 2.45) is 5.73 Å². The van der Waals surface area contributed by atoms with Crippen molar-refractivity contribution in [3.8, 4) is 0 Å². The van der Waals surface area contributed by atoms with Crippen LogP contribution in [0.15, 0.2) is 47.4 Å². The van der Waals surface area contributed by atoms with Gasteiger partial charge in [-0.3, -0.25) is 9.10 Å². The molecule has 0 aliphatic rings. The summed E-state index contributed by atoms with van der Waals surface area (Å²) in [7, 11) is -2.08. The lowest BCUT2D eigenvalue weighted by atomic mass is 10.1. The minimum absolute atomic E-state index is 0.296. The van der Waals surface area contributed by atoms with Crippen LogP contribution >= 0.6 is 11.9 Å². The van der Waals surface area contributed by atoms with Crippen LogP contribution in [0, 0.1) is 0 Å². The summed E-state index contributed by atoms with van der Waals surface area (Å²) in [4.78, 5) is 14.3. The van der Waals surface area contributed by atoms with E-state index in [-0.39, 0.29) is 5.91 Å². The van der Waals surface area contributed by atoms with Gasteiger partial charge in [-0.1, -0.05) is 19.9 Å². The van der Waals surface area contributed by atoms with Crippen LogP contribution in [-0.2, 0) is 16.6 Å². The predicted octanol–water partition coefficient (Wildman–Crippen LogP) is 3.51. The monoisotopic (exact) mass is 507 g/mol. The number of hydrogen-bond acceptors (Lipinski definition) is 7. The Morgan fingerprint density at radius 3 is 2.41 bits per heavy atom. The van der Waals surface area contributed by atoms with Gasteiger partial charge in [0.1, 0.15) is 0 Å². The number of carbonyl (C=O) groups is 1. The van der Waals surface area contributed by atoms with E-state index in [1.165, 1.54) is 7.05 Å². The summed E-state index contributed by atoms with van der Waals surface area (Å²) in [6, 6.07) is 12.9. The van der Waals surface area contributed by atoms with Gasteiger partial charge in [0.05, 0.1) is 17.5 Å². The molecule has 0 aromatic heterocycles. The molecule has 0 bridgehead atoms. The van der Waals surface area contributed by atoms with Crippen LogP contribution in [0.5, 0.6) is 0 Å². The molecular formula is C24H37N5O3S2. The summed E-state index contributed by atoms with van der Waals surface area (Å²) in [5.41, 5.74) is 7.69. The average Bonchev–Trinajstić information content (AvgIpc) is 2.81. The van der Waals surface area contributed by atoms with Crippen LogP contribution < -0.4 is 20.7 Å². The summed E-state index contributed by atoms with van der Waals surface area (Å²) in [6.07, 6.45) is 3.05. The molecule has 0 fully saturated rings. The third-order valence-corrected chi connectivity index (χ3v) is 7.58. The van der Waals surface area contributed by atoms with Crippen molar-refractivity contribution in [1.29, 1.82) is 0 Å². The largest absolute Gasteiger partial charge is 0.330 e. The molecule has 4 N–H and O–H groups in total. The van der Waals surface area contributed by atoms with E-state index in [0.717, 1.165) is 53.5 Å². The number of benzene rings is 2. The maximum atomic E-state index is 13.2. The fourth-order valence-corrected chi connectivity index (χ4v) is 4.73. The Hall–Kier alpha value is -2.11. The van der Waals surface area contributed by atoms with Gasteiger partial charge in [-0.2, -0.15) is 0 Å². The summed E-state index contributed by atoms with van der Waals surface area (Å²) in [6.45, 7) is 8.17. The lowest BCUT2D eigenvalue weighted by molar-refractivity contribution is 0.102. The first-order valence-electron chi connectivity index (χ1n) is 11.5. The highest BCUT2D eigenvalue weighted by Crippen LogP contribution is 2.27. The van der Waals surface area contributed by atoms with Gasteiger partial charge in [0.15, 0.2) is 0 Å². The smallest absolute Gasteiger partial charge is 0.257 e. The molecule has 0 aliphatic carbocycles. The number of amides is 1. The Kier molecular flexibility index (Phi) is 11.3. The van der Waals surface area contributed by atoms with Crippen molar-refractivity contribution in [2.75, 3.05) is 49.1 Å². The molecular weight excluding hydrogens is 470 g/mol. The van der Waals surface area contributed by atoms with E-state index in [1.54, 1.807) is 24.1 Å². The fraction of sp³-hybridized carbons (Fsp3) is 0.458. The number of nitrogens with one attached hydrogen (secondary N) is 2. The van der Waals surface area contributed by atoms with E-state index >= 15 is 0 Å². The number of hydrogen-bond donors (Lipinski definition) is 3. The van der Waals surface area contributed by atoms with Crippen LogP contribution in [-0.4, -0.2) is 58.1 Å². The van der Waals surface area contributed by atoms with Crippen molar-refractivity contribution in [1.82, 2.24) is 9.62 Å². The molecule has 0 atom stereocenters. The van der Waals surface area contributed by atoms with Crippen molar-refractivity contribution in [3.05, 3.63) is 53.6 Å². The van der Waals surface area contributed by atoms with Crippen LogP contribution in [0.25, 0.3) is 0 Å². The molecule has 2 aromatic rings.